The number of ketones is 1. The Balaban J connectivity index is 2.26. The van der Waals surface area contributed by atoms with Crippen LogP contribution in [0.4, 0.5) is 0 Å². The Hall–Kier alpha value is -2.86. The summed E-state index contributed by atoms with van der Waals surface area (Å²) in [6.45, 7) is 5.84. The maximum atomic E-state index is 12.4. The summed E-state index contributed by atoms with van der Waals surface area (Å²) in [5, 5.41) is 9.34. The molecule has 0 fully saturated rings. The third-order valence-electron chi connectivity index (χ3n) is 3.50. The van der Waals surface area contributed by atoms with E-state index in [9.17, 15) is 10.1 Å². The largest absolute Gasteiger partial charge is 0.488 e. The van der Waals surface area contributed by atoms with Gasteiger partial charge in [0.2, 0.25) is 0 Å². The topological polar surface area (TPSA) is 50.1 Å². The van der Waals surface area contributed by atoms with Gasteiger partial charge in [-0.25, -0.2) is 0 Å². The minimum absolute atomic E-state index is 0.137. The fourth-order valence-corrected chi connectivity index (χ4v) is 2.17. The summed E-state index contributed by atoms with van der Waals surface area (Å²) in [4.78, 5) is 12.4. The molecule has 24 heavy (non-hydrogen) atoms. The molecule has 3 heteroatoms. The molecular formula is C21H21NO2. The Morgan fingerprint density at radius 1 is 1.08 bits per heavy atom. The summed E-state index contributed by atoms with van der Waals surface area (Å²) >= 11 is 0. The smallest absolute Gasteiger partial charge is 0.178 e. The average Bonchev–Trinajstić information content (AvgIpc) is 2.58. The molecule has 0 saturated heterocycles. The maximum Gasteiger partial charge on any atom is 0.178 e. The highest BCUT2D eigenvalue weighted by Gasteiger charge is 2.25. The highest BCUT2D eigenvalue weighted by atomic mass is 16.5. The van der Waals surface area contributed by atoms with Crippen molar-refractivity contribution in [2.45, 2.75) is 27.4 Å². The Bertz CT molecular complexity index is 777. The van der Waals surface area contributed by atoms with Gasteiger partial charge in [0.1, 0.15) is 18.4 Å². The molecule has 0 N–H and O–H groups in total. The first kappa shape index (κ1) is 17.5. The van der Waals surface area contributed by atoms with Crippen LogP contribution in [0.15, 0.2) is 60.2 Å². The van der Waals surface area contributed by atoms with Crippen LogP contribution in [0.3, 0.4) is 0 Å². The summed E-state index contributed by atoms with van der Waals surface area (Å²) in [7, 11) is 0. The first-order valence-corrected chi connectivity index (χ1v) is 7.84. The highest BCUT2D eigenvalue weighted by Crippen LogP contribution is 2.25. The van der Waals surface area contributed by atoms with Crippen LogP contribution in [0.1, 0.15) is 31.9 Å². The van der Waals surface area contributed by atoms with Crippen molar-refractivity contribution in [3.63, 3.8) is 0 Å². The van der Waals surface area contributed by atoms with Gasteiger partial charge >= 0.3 is 0 Å². The van der Waals surface area contributed by atoms with Crippen molar-refractivity contribution in [2.24, 2.45) is 5.41 Å². The first-order valence-electron chi connectivity index (χ1n) is 7.84. The van der Waals surface area contributed by atoms with E-state index in [0.29, 0.717) is 12.4 Å². The van der Waals surface area contributed by atoms with Crippen molar-refractivity contribution >= 4 is 11.9 Å². The fourth-order valence-electron chi connectivity index (χ4n) is 2.17. The molecule has 0 saturated carbocycles. The number of allylic oxidation sites excluding steroid dienone is 1. The van der Waals surface area contributed by atoms with Gasteiger partial charge in [0.05, 0.1) is 5.57 Å². The van der Waals surface area contributed by atoms with Crippen LogP contribution in [0, 0.1) is 16.7 Å². The summed E-state index contributed by atoms with van der Waals surface area (Å²) in [6.07, 6.45) is 1.61. The molecule has 0 aromatic heterocycles. The van der Waals surface area contributed by atoms with Gasteiger partial charge in [-0.15, -0.1) is 0 Å². The van der Waals surface area contributed by atoms with Crippen LogP contribution in [0.25, 0.3) is 6.08 Å². The second kappa shape index (κ2) is 7.61. The van der Waals surface area contributed by atoms with Crippen LogP contribution < -0.4 is 4.74 Å². The molecular weight excluding hydrogens is 298 g/mol. The lowest BCUT2D eigenvalue weighted by molar-refractivity contribution is -0.121. The Morgan fingerprint density at radius 3 is 2.33 bits per heavy atom. The summed E-state index contributed by atoms with van der Waals surface area (Å²) < 4.78 is 5.87. The predicted octanol–water partition coefficient (Wildman–Crippen LogP) is 4.79. The lowest BCUT2D eigenvalue weighted by Gasteiger charge is -2.16. The molecule has 0 aliphatic heterocycles. The Labute approximate surface area is 143 Å². The van der Waals surface area contributed by atoms with Crippen LogP contribution in [-0.2, 0) is 11.4 Å². The summed E-state index contributed by atoms with van der Waals surface area (Å²) in [5.74, 6) is 0.471. The van der Waals surface area contributed by atoms with Crippen molar-refractivity contribution in [1.29, 1.82) is 5.26 Å². The molecule has 0 aliphatic rings. The van der Waals surface area contributed by atoms with Crippen LogP contribution in [0.2, 0.25) is 0 Å². The van der Waals surface area contributed by atoms with E-state index in [4.69, 9.17) is 4.74 Å². The van der Waals surface area contributed by atoms with Gasteiger partial charge in [-0.2, -0.15) is 5.26 Å². The third kappa shape index (κ3) is 4.57. The van der Waals surface area contributed by atoms with Gasteiger partial charge in [0.15, 0.2) is 5.78 Å². The van der Waals surface area contributed by atoms with E-state index < -0.39 is 5.41 Å². The Morgan fingerprint density at radius 2 is 1.71 bits per heavy atom. The van der Waals surface area contributed by atoms with Gasteiger partial charge in [0.25, 0.3) is 0 Å². The summed E-state index contributed by atoms with van der Waals surface area (Å²) in [5.41, 5.74) is 1.32. The molecule has 122 valence electrons. The molecule has 3 nitrogen and oxygen atoms in total. The Kier molecular flexibility index (Phi) is 5.55. The molecule has 0 atom stereocenters. The van der Waals surface area contributed by atoms with E-state index in [0.717, 1.165) is 11.1 Å². The van der Waals surface area contributed by atoms with E-state index in [1.54, 1.807) is 26.8 Å². The van der Waals surface area contributed by atoms with Gasteiger partial charge in [-0.05, 0) is 17.7 Å². The van der Waals surface area contributed by atoms with Crippen LogP contribution in [0.5, 0.6) is 5.75 Å². The van der Waals surface area contributed by atoms with E-state index in [2.05, 4.69) is 0 Å². The van der Waals surface area contributed by atoms with Gasteiger partial charge in [-0.1, -0.05) is 69.3 Å². The second-order valence-electron chi connectivity index (χ2n) is 6.56. The summed E-state index contributed by atoms with van der Waals surface area (Å²) in [6, 6.07) is 19.3. The molecule has 2 aromatic rings. The van der Waals surface area contributed by atoms with Crippen molar-refractivity contribution < 1.29 is 9.53 Å². The molecule has 0 aliphatic carbocycles. The zero-order valence-corrected chi connectivity index (χ0v) is 14.2. The lowest BCUT2D eigenvalue weighted by Crippen LogP contribution is -2.21. The molecule has 0 bridgehead atoms. The quantitative estimate of drug-likeness (QED) is 0.588. The van der Waals surface area contributed by atoms with Gasteiger partial charge in [0, 0.05) is 11.0 Å². The molecule has 0 spiro atoms. The van der Waals surface area contributed by atoms with Crippen molar-refractivity contribution in [1.82, 2.24) is 0 Å². The minimum Gasteiger partial charge on any atom is -0.488 e. The fraction of sp³-hybridized carbons (Fsp3) is 0.238. The number of rotatable bonds is 5. The number of ether oxygens (including phenoxy) is 1. The zero-order valence-electron chi connectivity index (χ0n) is 14.2. The molecule has 0 heterocycles. The van der Waals surface area contributed by atoms with E-state index in [1.165, 1.54) is 0 Å². The number of carbonyl (C=O) groups excluding carboxylic acids is 1. The minimum atomic E-state index is -0.596. The standard InChI is InChI=1S/C21H21NO2/c1-21(2,3)20(23)18(14-22)13-17-11-7-8-12-19(17)24-15-16-9-5-4-6-10-16/h4-13H,15H2,1-3H3/b18-13+. The molecule has 0 amide bonds. The van der Waals surface area contributed by atoms with Crippen LogP contribution in [-0.4, -0.2) is 5.78 Å². The number of hydrogen-bond donors (Lipinski definition) is 0. The molecule has 0 radical (unpaired) electrons. The van der Waals surface area contributed by atoms with Gasteiger partial charge < -0.3 is 4.74 Å². The maximum absolute atomic E-state index is 12.4. The number of benzene rings is 2. The number of carbonyl (C=O) groups is 1. The predicted molar refractivity (Wildman–Crippen MR) is 95.3 cm³/mol. The average molecular weight is 319 g/mol. The molecule has 2 aromatic carbocycles. The normalized spacial score (nSPS) is 11.7. The SMILES string of the molecule is CC(C)(C)C(=O)/C(C#N)=C/c1ccccc1OCc1ccccc1. The zero-order chi connectivity index (χ0) is 17.6. The number of nitriles is 1. The van der Waals surface area contributed by atoms with Crippen LogP contribution >= 0.6 is 0 Å². The van der Waals surface area contributed by atoms with E-state index in [1.807, 2.05) is 60.7 Å². The van der Waals surface area contributed by atoms with Crippen molar-refractivity contribution in [3.05, 3.63) is 71.3 Å². The number of para-hydroxylation sites is 1. The monoisotopic (exact) mass is 319 g/mol. The van der Waals surface area contributed by atoms with Crippen molar-refractivity contribution in [3.8, 4) is 11.8 Å². The number of nitrogens with zero attached hydrogens (tertiary/aromatic N) is 1. The lowest BCUT2D eigenvalue weighted by atomic mass is 9.86. The third-order valence-corrected chi connectivity index (χ3v) is 3.50. The second-order valence-corrected chi connectivity index (χ2v) is 6.56. The molecule has 0 unspecified atom stereocenters. The van der Waals surface area contributed by atoms with E-state index >= 15 is 0 Å². The van der Waals surface area contributed by atoms with Gasteiger partial charge in [-0.3, -0.25) is 4.79 Å². The highest BCUT2D eigenvalue weighted by molar-refractivity contribution is 6.06. The first-order chi connectivity index (χ1) is 11.4. The van der Waals surface area contributed by atoms with Crippen molar-refractivity contribution in [2.75, 3.05) is 0 Å². The van der Waals surface area contributed by atoms with E-state index in [-0.39, 0.29) is 11.4 Å². The number of hydrogen-bond acceptors (Lipinski definition) is 3. The molecule has 2 rings (SSSR count). The number of Topliss-reactive ketones (excluding diaryl/α,β-unsaturated/α-hetero) is 1.